The van der Waals surface area contributed by atoms with Crippen molar-refractivity contribution < 1.29 is 35.0 Å². The molecular weight excluding hydrogens is 689 g/mol. The van der Waals surface area contributed by atoms with E-state index < -0.39 is 0 Å². The summed E-state index contributed by atoms with van der Waals surface area (Å²) < 4.78 is 10.5. The Labute approximate surface area is 339 Å². The first-order valence-corrected chi connectivity index (χ1v) is 22.1. The van der Waals surface area contributed by atoms with Crippen molar-refractivity contribution in [3.63, 3.8) is 0 Å². The molecule has 7 heteroatoms. The molecule has 1 fully saturated rings. The van der Waals surface area contributed by atoms with Crippen LogP contribution in [0.5, 0.6) is 0 Å². The first-order valence-electron chi connectivity index (χ1n) is 22.1. The van der Waals surface area contributed by atoms with Gasteiger partial charge < -0.3 is 35.0 Å². The van der Waals surface area contributed by atoms with Crippen LogP contribution >= 0.6 is 0 Å². The summed E-state index contributed by atoms with van der Waals surface area (Å²) in [7, 11) is 0. The lowest BCUT2D eigenvalue weighted by atomic mass is 10.1. The summed E-state index contributed by atoms with van der Waals surface area (Å²) in [4.78, 5) is 0. The van der Waals surface area contributed by atoms with Crippen molar-refractivity contribution in [1.29, 1.82) is 0 Å². The van der Waals surface area contributed by atoms with E-state index in [1.54, 1.807) is 0 Å². The quantitative estimate of drug-likeness (QED) is 0.0228. The van der Waals surface area contributed by atoms with Gasteiger partial charge in [-0.05, 0) is 76.2 Å². The minimum atomic E-state index is -0.371. The number of hydrogen-bond donors (Lipinski definition) is 5. The lowest BCUT2D eigenvalue weighted by Gasteiger charge is -2.07. The molecule has 5 N–H and O–H groups in total. The number of rotatable bonds is 30. The molecular formula is C48H86O7. The third kappa shape index (κ3) is 48.1. The summed E-state index contributed by atoms with van der Waals surface area (Å²) in [5.41, 5.74) is 1.17. The fraction of sp³-hybridized carbons (Fsp3) is 0.750. The average Bonchev–Trinajstić information content (AvgIpc) is 4.01. The summed E-state index contributed by atoms with van der Waals surface area (Å²) in [5, 5.41) is 45.5. The molecule has 55 heavy (non-hydrogen) atoms. The molecule has 320 valence electrons. The Morgan fingerprint density at radius 1 is 0.655 bits per heavy atom. The molecule has 1 aromatic rings. The highest BCUT2D eigenvalue weighted by atomic mass is 16.6. The van der Waals surface area contributed by atoms with Gasteiger partial charge in [-0.1, -0.05) is 147 Å². The van der Waals surface area contributed by atoms with Crippen LogP contribution in [0.4, 0.5) is 0 Å². The highest BCUT2D eigenvalue weighted by Crippen LogP contribution is 2.14. The number of hydrogen-bond acceptors (Lipinski definition) is 7. The second kappa shape index (κ2) is 46.4. The summed E-state index contributed by atoms with van der Waals surface area (Å²) in [6, 6.07) is 10.1. The predicted octanol–water partition coefficient (Wildman–Crippen LogP) is 10.8. The summed E-state index contributed by atoms with van der Waals surface area (Å²) in [6.07, 6.45) is 32.4. The third-order valence-corrected chi connectivity index (χ3v) is 8.86. The van der Waals surface area contributed by atoms with E-state index in [1.165, 1.54) is 95.5 Å². The molecule has 7 nitrogen and oxygen atoms in total. The van der Waals surface area contributed by atoms with Crippen molar-refractivity contribution in [3.05, 3.63) is 60.2 Å². The molecule has 0 bridgehead atoms. The van der Waals surface area contributed by atoms with Gasteiger partial charge in [0.1, 0.15) is 0 Å². The molecule has 1 heterocycles. The number of allylic oxidation sites excluding steroid dienone is 2. The molecule has 1 aromatic carbocycles. The largest absolute Gasteiger partial charge is 0.396 e. The van der Waals surface area contributed by atoms with Gasteiger partial charge in [0.05, 0.1) is 37.6 Å². The minimum absolute atomic E-state index is 0.0749. The standard InChI is InChI=1S/C19H28O2.2C12H24O2.C5H10O/c1-2-3-4-5-6-7-11-14-19(20)15-16-21-17-18-12-9-8-10-13-18;2*1-2-3-4-5-6-7-8-9-12(14)10-11-13;1-2-3-5-4-6-5/h8-10,12-13,19-20H,2-6,14-17H2,1H3;2*7-8,12-14H,2-6,9-11H2,1H3;5H,2-4H2,1H3/b;2*8-7-;/t19-;2*12-;5-/m1110/s1. The number of aliphatic hydroxyl groups is 5. The lowest BCUT2D eigenvalue weighted by molar-refractivity contribution is 0.0753. The first-order chi connectivity index (χ1) is 26.9. The normalized spacial score (nSPS) is 14.7. The number of benzene rings is 1. The Bertz CT molecular complexity index is 951. The summed E-state index contributed by atoms with van der Waals surface area (Å²) in [6.45, 7) is 11.2. The van der Waals surface area contributed by atoms with E-state index in [2.05, 4.69) is 51.7 Å². The molecule has 1 aliphatic heterocycles. The van der Waals surface area contributed by atoms with Crippen LogP contribution in [0.25, 0.3) is 0 Å². The van der Waals surface area contributed by atoms with E-state index in [9.17, 15) is 15.3 Å². The third-order valence-electron chi connectivity index (χ3n) is 8.86. The molecule has 0 aliphatic carbocycles. The zero-order valence-corrected chi connectivity index (χ0v) is 35.9. The van der Waals surface area contributed by atoms with Crippen LogP contribution in [-0.2, 0) is 16.1 Å². The molecule has 2 rings (SSSR count). The van der Waals surface area contributed by atoms with Gasteiger partial charge in [0.15, 0.2) is 0 Å². The van der Waals surface area contributed by atoms with E-state index in [0.717, 1.165) is 25.9 Å². The van der Waals surface area contributed by atoms with Gasteiger partial charge in [0, 0.05) is 32.7 Å². The Morgan fingerprint density at radius 3 is 1.64 bits per heavy atom. The van der Waals surface area contributed by atoms with E-state index in [4.69, 9.17) is 19.7 Å². The SMILES string of the molecule is CCCCCC/C=C\C[C@@H](O)CCO.CCCCCC/C=C\C[C@@H](O)CCO.CCCCCCC#CC[C@@H](O)CCOCc1ccccc1.CCC[C@H]1CO1. The van der Waals surface area contributed by atoms with Crippen LogP contribution < -0.4 is 0 Å². The van der Waals surface area contributed by atoms with Crippen molar-refractivity contribution >= 4 is 0 Å². The van der Waals surface area contributed by atoms with Crippen molar-refractivity contribution in [3.8, 4) is 11.8 Å². The van der Waals surface area contributed by atoms with Crippen LogP contribution in [-0.4, -0.2) is 76.4 Å². The van der Waals surface area contributed by atoms with Crippen LogP contribution in [0, 0.1) is 11.8 Å². The average molecular weight is 775 g/mol. The first kappa shape index (κ1) is 55.1. The van der Waals surface area contributed by atoms with Crippen molar-refractivity contribution in [2.75, 3.05) is 26.4 Å². The highest BCUT2D eigenvalue weighted by molar-refractivity contribution is 5.13. The molecule has 1 aliphatic rings. The molecule has 0 unspecified atom stereocenters. The highest BCUT2D eigenvalue weighted by Gasteiger charge is 2.19. The molecule has 1 saturated heterocycles. The zero-order chi connectivity index (χ0) is 40.9. The maximum Gasteiger partial charge on any atom is 0.0809 e. The van der Waals surface area contributed by atoms with Gasteiger partial charge in [0.2, 0.25) is 0 Å². The number of aliphatic hydroxyl groups excluding tert-OH is 5. The fourth-order valence-electron chi connectivity index (χ4n) is 5.21. The Hall–Kier alpha value is -2.02. The van der Waals surface area contributed by atoms with E-state index in [1.807, 2.05) is 42.5 Å². The molecule has 4 atom stereocenters. The van der Waals surface area contributed by atoms with Crippen LogP contribution in [0.2, 0.25) is 0 Å². The maximum absolute atomic E-state index is 9.80. The van der Waals surface area contributed by atoms with Crippen molar-refractivity contribution in [2.45, 2.75) is 206 Å². The molecule has 0 radical (unpaired) electrons. The van der Waals surface area contributed by atoms with E-state index in [-0.39, 0.29) is 31.5 Å². The lowest BCUT2D eigenvalue weighted by Crippen LogP contribution is -2.09. The number of unbranched alkanes of at least 4 members (excludes halogenated alkanes) is 12. The Balaban J connectivity index is 0. The van der Waals surface area contributed by atoms with Crippen molar-refractivity contribution in [1.82, 2.24) is 0 Å². The molecule has 0 amide bonds. The van der Waals surface area contributed by atoms with Crippen LogP contribution in [0.15, 0.2) is 54.6 Å². The summed E-state index contributed by atoms with van der Waals surface area (Å²) >= 11 is 0. The second-order valence-corrected chi connectivity index (χ2v) is 14.5. The smallest absolute Gasteiger partial charge is 0.0809 e. The van der Waals surface area contributed by atoms with Gasteiger partial charge in [-0.25, -0.2) is 0 Å². The monoisotopic (exact) mass is 775 g/mol. The second-order valence-electron chi connectivity index (χ2n) is 14.5. The van der Waals surface area contributed by atoms with Gasteiger partial charge in [0.25, 0.3) is 0 Å². The fourth-order valence-corrected chi connectivity index (χ4v) is 5.21. The maximum atomic E-state index is 9.80. The predicted molar refractivity (Wildman–Crippen MR) is 233 cm³/mol. The Morgan fingerprint density at radius 2 is 1.18 bits per heavy atom. The van der Waals surface area contributed by atoms with Crippen LogP contribution in [0.3, 0.4) is 0 Å². The molecule has 0 spiro atoms. The topological polar surface area (TPSA) is 123 Å². The molecule has 0 aromatic heterocycles. The minimum Gasteiger partial charge on any atom is -0.396 e. The summed E-state index contributed by atoms with van der Waals surface area (Å²) in [5.74, 6) is 6.21. The Kier molecular flexibility index (Phi) is 46.4. The van der Waals surface area contributed by atoms with E-state index in [0.29, 0.717) is 57.8 Å². The number of epoxide rings is 1. The van der Waals surface area contributed by atoms with Gasteiger partial charge >= 0.3 is 0 Å². The number of ether oxygens (including phenoxy) is 2. The van der Waals surface area contributed by atoms with Crippen molar-refractivity contribution in [2.24, 2.45) is 0 Å². The van der Waals surface area contributed by atoms with Gasteiger partial charge in [-0.2, -0.15) is 0 Å². The molecule has 0 saturated carbocycles. The van der Waals surface area contributed by atoms with E-state index >= 15 is 0 Å². The zero-order valence-electron chi connectivity index (χ0n) is 35.9. The van der Waals surface area contributed by atoms with Gasteiger partial charge in [-0.3, -0.25) is 0 Å². The van der Waals surface area contributed by atoms with Gasteiger partial charge in [-0.15, -0.1) is 11.8 Å². The van der Waals surface area contributed by atoms with Crippen LogP contribution in [0.1, 0.15) is 181 Å².